The maximum atomic E-state index is 5.80. The molecule has 0 bridgehead atoms. The Kier molecular flexibility index (Phi) is 6.97. The third kappa shape index (κ3) is 4.60. The highest BCUT2D eigenvalue weighted by Gasteiger charge is 2.13. The lowest BCUT2D eigenvalue weighted by Gasteiger charge is -2.08. The van der Waals surface area contributed by atoms with E-state index in [0.717, 1.165) is 51.0 Å². The van der Waals surface area contributed by atoms with E-state index in [9.17, 15) is 0 Å². The van der Waals surface area contributed by atoms with Gasteiger partial charge in [0.2, 0.25) is 0 Å². The van der Waals surface area contributed by atoms with Crippen LogP contribution >= 0.6 is 22.6 Å². The van der Waals surface area contributed by atoms with Gasteiger partial charge in [0.25, 0.3) is 0 Å². The molecule has 4 heteroatoms. The van der Waals surface area contributed by atoms with Crippen LogP contribution in [0.3, 0.4) is 0 Å². The first kappa shape index (κ1) is 19.2. The van der Waals surface area contributed by atoms with Gasteiger partial charge in [0.1, 0.15) is 5.75 Å². The van der Waals surface area contributed by atoms with Crippen molar-refractivity contribution >= 4 is 33.5 Å². The number of aromatic nitrogens is 1. The van der Waals surface area contributed by atoms with Crippen LogP contribution in [0.1, 0.15) is 38.2 Å². The average Bonchev–Trinajstić information content (AvgIpc) is 3.01. The Bertz CT molecular complexity index is 839. The van der Waals surface area contributed by atoms with Crippen molar-refractivity contribution in [2.45, 2.75) is 39.0 Å². The third-order valence-corrected chi connectivity index (χ3v) is 5.33. The summed E-state index contributed by atoms with van der Waals surface area (Å²) in [4.78, 5) is 3.63. The fourth-order valence-corrected chi connectivity index (χ4v) is 3.72. The highest BCUT2D eigenvalue weighted by Crippen LogP contribution is 2.33. The van der Waals surface area contributed by atoms with Crippen LogP contribution in [0.5, 0.6) is 5.75 Å². The second kappa shape index (κ2) is 9.42. The van der Waals surface area contributed by atoms with Crippen molar-refractivity contribution in [3.8, 4) is 17.0 Å². The number of hydrogen-bond donors (Lipinski definition) is 2. The van der Waals surface area contributed by atoms with Crippen LogP contribution in [-0.4, -0.2) is 18.1 Å². The fourth-order valence-electron chi connectivity index (χ4n) is 3.22. The number of fused-ring (bicyclic) bond motifs is 1. The van der Waals surface area contributed by atoms with E-state index in [-0.39, 0.29) is 0 Å². The third-order valence-electron chi connectivity index (χ3n) is 4.66. The summed E-state index contributed by atoms with van der Waals surface area (Å²) in [5.74, 6) is 0.942. The molecule has 0 saturated carbocycles. The summed E-state index contributed by atoms with van der Waals surface area (Å²) in [5, 5.41) is 1.33. The monoisotopic (exact) mass is 462 g/mol. The summed E-state index contributed by atoms with van der Waals surface area (Å²) in [6, 6.07) is 15.1. The van der Waals surface area contributed by atoms with Crippen LogP contribution in [0.2, 0.25) is 0 Å². The number of aryl methyl sites for hydroxylation is 1. The first-order chi connectivity index (χ1) is 12.7. The summed E-state index contributed by atoms with van der Waals surface area (Å²) in [6.07, 6.45) is 5.45. The number of unbranched alkanes of at least 4 members (excludes halogenated alkanes) is 2. The van der Waals surface area contributed by atoms with Gasteiger partial charge in [-0.15, -0.1) is 0 Å². The van der Waals surface area contributed by atoms with Gasteiger partial charge in [0.05, 0.1) is 6.61 Å². The molecule has 0 unspecified atom stereocenters. The van der Waals surface area contributed by atoms with Crippen LogP contribution in [0, 0.1) is 3.57 Å². The number of benzene rings is 2. The van der Waals surface area contributed by atoms with Crippen LogP contribution in [-0.2, 0) is 6.42 Å². The Hall–Kier alpha value is -1.53. The van der Waals surface area contributed by atoms with Crippen LogP contribution in [0.25, 0.3) is 22.2 Å². The van der Waals surface area contributed by atoms with E-state index in [1.165, 1.54) is 31.3 Å². The van der Waals surface area contributed by atoms with Crippen molar-refractivity contribution in [3.05, 3.63) is 51.6 Å². The smallest absolute Gasteiger partial charge is 0.119 e. The molecule has 1 heterocycles. The van der Waals surface area contributed by atoms with Gasteiger partial charge in [-0.25, -0.2) is 0 Å². The van der Waals surface area contributed by atoms with Gasteiger partial charge in [0.15, 0.2) is 0 Å². The molecule has 3 rings (SSSR count). The van der Waals surface area contributed by atoms with Gasteiger partial charge >= 0.3 is 0 Å². The standard InChI is InChI=1S/C22H27IN2O/c1-2-3-14-26-18-10-7-16(8-11-18)22-19(6-4-5-13-24)20-15-17(23)9-12-21(20)25-22/h7-12,15,25H,2-6,13-14,24H2,1H3. The van der Waals surface area contributed by atoms with E-state index >= 15 is 0 Å². The number of aromatic amines is 1. The molecule has 3 nitrogen and oxygen atoms in total. The summed E-state index contributed by atoms with van der Waals surface area (Å²) in [5.41, 5.74) is 10.7. The lowest BCUT2D eigenvalue weighted by molar-refractivity contribution is 0.309. The Morgan fingerprint density at radius 2 is 1.85 bits per heavy atom. The quantitative estimate of drug-likeness (QED) is 0.307. The molecular formula is C22H27IN2O. The lowest BCUT2D eigenvalue weighted by atomic mass is 10.0. The van der Waals surface area contributed by atoms with E-state index in [0.29, 0.717) is 0 Å². The average molecular weight is 462 g/mol. The van der Waals surface area contributed by atoms with Gasteiger partial charge in [-0.1, -0.05) is 13.3 Å². The van der Waals surface area contributed by atoms with Crippen molar-refractivity contribution in [2.75, 3.05) is 13.2 Å². The van der Waals surface area contributed by atoms with E-state index in [2.05, 4.69) is 77.0 Å². The van der Waals surface area contributed by atoms with Gasteiger partial charge < -0.3 is 15.5 Å². The minimum Gasteiger partial charge on any atom is -0.494 e. The van der Waals surface area contributed by atoms with E-state index in [1.807, 2.05) is 0 Å². The number of hydrogen-bond acceptors (Lipinski definition) is 2. The van der Waals surface area contributed by atoms with Crippen molar-refractivity contribution in [2.24, 2.45) is 5.73 Å². The molecular weight excluding hydrogens is 435 g/mol. The van der Waals surface area contributed by atoms with Gasteiger partial charge in [-0.3, -0.25) is 0 Å². The van der Waals surface area contributed by atoms with E-state index in [1.54, 1.807) is 0 Å². The number of nitrogens with two attached hydrogens (primary N) is 1. The minimum absolute atomic E-state index is 0.749. The molecule has 0 saturated heterocycles. The molecule has 3 N–H and O–H groups in total. The van der Waals surface area contributed by atoms with Crippen LogP contribution in [0.15, 0.2) is 42.5 Å². The molecule has 26 heavy (non-hydrogen) atoms. The fraction of sp³-hybridized carbons (Fsp3) is 0.364. The second-order valence-corrected chi connectivity index (χ2v) is 7.89. The molecule has 0 atom stereocenters. The van der Waals surface area contributed by atoms with Gasteiger partial charge in [0, 0.05) is 20.2 Å². The summed E-state index contributed by atoms with van der Waals surface area (Å²) in [7, 11) is 0. The zero-order valence-corrected chi connectivity index (χ0v) is 17.5. The summed E-state index contributed by atoms with van der Waals surface area (Å²) < 4.78 is 7.06. The molecule has 138 valence electrons. The number of nitrogens with one attached hydrogen (secondary N) is 1. The Morgan fingerprint density at radius 3 is 2.58 bits per heavy atom. The van der Waals surface area contributed by atoms with Crippen molar-refractivity contribution in [1.82, 2.24) is 4.98 Å². The molecule has 1 aromatic heterocycles. The topological polar surface area (TPSA) is 51.0 Å². The largest absolute Gasteiger partial charge is 0.494 e. The Balaban J connectivity index is 1.91. The van der Waals surface area contributed by atoms with Crippen molar-refractivity contribution in [1.29, 1.82) is 0 Å². The molecule has 0 aliphatic carbocycles. The first-order valence-corrected chi connectivity index (χ1v) is 10.5. The molecule has 0 fully saturated rings. The van der Waals surface area contributed by atoms with E-state index < -0.39 is 0 Å². The molecule has 3 aromatic rings. The van der Waals surface area contributed by atoms with Gasteiger partial charge in [-0.05, 0) is 108 Å². The maximum Gasteiger partial charge on any atom is 0.119 e. The summed E-state index contributed by atoms with van der Waals surface area (Å²) in [6.45, 7) is 3.71. The van der Waals surface area contributed by atoms with E-state index in [4.69, 9.17) is 10.5 Å². The molecule has 0 aliphatic heterocycles. The molecule has 0 aliphatic rings. The zero-order valence-electron chi connectivity index (χ0n) is 15.4. The highest BCUT2D eigenvalue weighted by atomic mass is 127. The molecule has 0 radical (unpaired) electrons. The van der Waals surface area contributed by atoms with Gasteiger partial charge in [-0.2, -0.15) is 0 Å². The number of rotatable bonds is 9. The van der Waals surface area contributed by atoms with Crippen LogP contribution < -0.4 is 10.5 Å². The van der Waals surface area contributed by atoms with Crippen LogP contribution in [0.4, 0.5) is 0 Å². The Morgan fingerprint density at radius 1 is 1.04 bits per heavy atom. The maximum absolute atomic E-state index is 5.80. The lowest BCUT2D eigenvalue weighted by Crippen LogP contribution is -1.99. The minimum atomic E-state index is 0.749. The van der Waals surface area contributed by atoms with Crippen molar-refractivity contribution in [3.63, 3.8) is 0 Å². The first-order valence-electron chi connectivity index (χ1n) is 9.46. The predicted octanol–water partition coefficient (Wildman–Crippen LogP) is 5.90. The second-order valence-electron chi connectivity index (χ2n) is 6.64. The predicted molar refractivity (Wildman–Crippen MR) is 119 cm³/mol. The number of halogens is 1. The van der Waals surface area contributed by atoms with Crippen molar-refractivity contribution < 1.29 is 4.74 Å². The number of ether oxygens (including phenoxy) is 1. The molecule has 0 amide bonds. The normalized spacial score (nSPS) is 11.2. The highest BCUT2D eigenvalue weighted by molar-refractivity contribution is 14.1. The zero-order chi connectivity index (χ0) is 18.4. The number of H-pyrrole nitrogens is 1. The molecule has 2 aromatic carbocycles. The Labute approximate surface area is 169 Å². The summed E-state index contributed by atoms with van der Waals surface area (Å²) >= 11 is 2.38. The SMILES string of the molecule is CCCCOc1ccc(-c2[nH]c3ccc(I)cc3c2CCCCN)cc1. The molecule has 0 spiro atoms.